The van der Waals surface area contributed by atoms with Gasteiger partial charge in [0.25, 0.3) is 0 Å². The lowest BCUT2D eigenvalue weighted by molar-refractivity contribution is -0.274. The summed E-state index contributed by atoms with van der Waals surface area (Å²) in [7, 11) is 1.64. The molecule has 2 heterocycles. The predicted octanol–water partition coefficient (Wildman–Crippen LogP) is 7.22. The third-order valence-electron chi connectivity index (χ3n) is 7.08. The first-order chi connectivity index (χ1) is 21.6. The number of amides is 2. The van der Waals surface area contributed by atoms with Gasteiger partial charge >= 0.3 is 12.4 Å². The van der Waals surface area contributed by atoms with Crippen molar-refractivity contribution in [1.82, 2.24) is 20.1 Å². The lowest BCUT2D eigenvalue weighted by Crippen LogP contribution is -2.29. The number of carbonyl (C=O) groups is 1. The van der Waals surface area contributed by atoms with Gasteiger partial charge in [-0.25, -0.2) is 14.5 Å². The van der Waals surface area contributed by atoms with E-state index >= 15 is 0 Å². The average molecular weight is 639 g/mol. The molecule has 13 heteroatoms. The fourth-order valence-electron chi connectivity index (χ4n) is 4.85. The molecule has 45 heavy (non-hydrogen) atoms. The molecule has 0 unspecified atom stereocenters. The van der Waals surface area contributed by atoms with E-state index in [1.54, 1.807) is 18.9 Å². The number of hydrogen-bond acceptors (Lipinski definition) is 6. The molecule has 0 radical (unpaired) electrons. The highest BCUT2D eigenvalue weighted by atomic mass is 32.2. The van der Waals surface area contributed by atoms with E-state index in [1.807, 2.05) is 36.4 Å². The van der Waals surface area contributed by atoms with Crippen molar-refractivity contribution in [1.29, 1.82) is 0 Å². The molecule has 3 aromatic carbocycles. The standard InChI is InChI=1S/C32H33F3N6O3S/c1-21(2)27-15-14-26(43-3)19-28(27)40-17-18-45-31(40)38-30(42)36-16-4-5-22-6-8-23(9-7-22)29-37-20-41(39-29)24-10-12-25(13-11-24)44-32(33,34)35/h6-15,19-21H,4-5,16-18H2,1-3H3,(H,36,42)/b38-31-. The molecule has 1 aromatic heterocycles. The van der Waals surface area contributed by atoms with Crippen LogP contribution in [0, 0.1) is 0 Å². The molecule has 9 nitrogen and oxygen atoms in total. The average Bonchev–Trinajstić information content (AvgIpc) is 3.69. The molecular formula is C32H33F3N6O3S. The van der Waals surface area contributed by atoms with E-state index in [4.69, 9.17) is 4.74 Å². The van der Waals surface area contributed by atoms with Gasteiger partial charge in [0.2, 0.25) is 0 Å². The maximum absolute atomic E-state index is 12.7. The molecule has 1 saturated heterocycles. The van der Waals surface area contributed by atoms with Crippen LogP contribution in [0.1, 0.15) is 37.3 Å². The summed E-state index contributed by atoms with van der Waals surface area (Å²) in [6.45, 7) is 5.53. The number of benzene rings is 3. The van der Waals surface area contributed by atoms with Gasteiger partial charge in [0.1, 0.15) is 17.8 Å². The van der Waals surface area contributed by atoms with Gasteiger partial charge in [0, 0.05) is 36.2 Å². The number of methoxy groups -OCH3 is 1. The van der Waals surface area contributed by atoms with Crippen LogP contribution in [0.5, 0.6) is 11.5 Å². The first-order valence-electron chi connectivity index (χ1n) is 14.4. The number of rotatable bonds is 10. The summed E-state index contributed by atoms with van der Waals surface area (Å²) in [5.74, 6) is 2.10. The summed E-state index contributed by atoms with van der Waals surface area (Å²) in [5.41, 5.74) is 4.63. The minimum Gasteiger partial charge on any atom is -0.497 e. The van der Waals surface area contributed by atoms with E-state index in [2.05, 4.69) is 49.9 Å². The van der Waals surface area contributed by atoms with Crippen LogP contribution < -0.4 is 19.7 Å². The number of anilines is 1. The second-order valence-corrected chi connectivity index (χ2v) is 11.6. The van der Waals surface area contributed by atoms with Gasteiger partial charge < -0.3 is 19.7 Å². The van der Waals surface area contributed by atoms with Crippen molar-refractivity contribution in [2.45, 2.75) is 39.0 Å². The predicted molar refractivity (Wildman–Crippen MR) is 170 cm³/mol. The van der Waals surface area contributed by atoms with Gasteiger partial charge in [-0.15, -0.1) is 18.3 Å². The molecule has 0 atom stereocenters. The van der Waals surface area contributed by atoms with Crippen molar-refractivity contribution in [2.75, 3.05) is 30.9 Å². The second kappa shape index (κ2) is 14.1. The molecular weight excluding hydrogens is 605 g/mol. The quantitative estimate of drug-likeness (QED) is 0.183. The van der Waals surface area contributed by atoms with Crippen LogP contribution in [0.25, 0.3) is 17.1 Å². The van der Waals surface area contributed by atoms with E-state index in [-0.39, 0.29) is 11.8 Å². The van der Waals surface area contributed by atoms with Crippen LogP contribution in [0.15, 0.2) is 78.0 Å². The van der Waals surface area contributed by atoms with Gasteiger partial charge in [-0.2, -0.15) is 4.99 Å². The number of nitrogens with zero attached hydrogens (tertiary/aromatic N) is 5. The highest BCUT2D eigenvalue weighted by Crippen LogP contribution is 2.35. The molecule has 236 valence electrons. The zero-order chi connectivity index (χ0) is 32.0. The molecule has 1 aliphatic heterocycles. The normalized spacial score (nSPS) is 14.3. The molecule has 0 saturated carbocycles. The van der Waals surface area contributed by atoms with E-state index in [0.717, 1.165) is 47.7 Å². The Morgan fingerprint density at radius 3 is 2.49 bits per heavy atom. The van der Waals surface area contributed by atoms with Gasteiger partial charge in [0.05, 0.1) is 12.8 Å². The van der Waals surface area contributed by atoms with Gasteiger partial charge in [-0.1, -0.05) is 55.9 Å². The Morgan fingerprint density at radius 2 is 1.80 bits per heavy atom. The smallest absolute Gasteiger partial charge is 0.497 e. The zero-order valence-electron chi connectivity index (χ0n) is 25.0. The summed E-state index contributed by atoms with van der Waals surface area (Å²) in [6.07, 6.45) is -1.75. The van der Waals surface area contributed by atoms with Crippen molar-refractivity contribution in [3.05, 3.63) is 84.2 Å². The molecule has 2 amide bonds. The number of aromatic nitrogens is 3. The highest BCUT2D eigenvalue weighted by molar-refractivity contribution is 8.14. The Balaban J connectivity index is 1.12. The number of amidine groups is 1. The van der Waals surface area contributed by atoms with E-state index < -0.39 is 6.36 Å². The fourth-order valence-corrected chi connectivity index (χ4v) is 5.79. The van der Waals surface area contributed by atoms with E-state index in [9.17, 15) is 18.0 Å². The van der Waals surface area contributed by atoms with E-state index in [1.165, 1.54) is 40.8 Å². The lowest BCUT2D eigenvalue weighted by atomic mass is 10.00. The first kappa shape index (κ1) is 31.9. The van der Waals surface area contributed by atoms with Crippen molar-refractivity contribution in [3.63, 3.8) is 0 Å². The van der Waals surface area contributed by atoms with Gasteiger partial charge in [-0.3, -0.25) is 0 Å². The molecule has 1 N–H and O–H groups in total. The number of aryl methyl sites for hydroxylation is 1. The first-order valence-corrected chi connectivity index (χ1v) is 15.4. The number of ether oxygens (including phenoxy) is 2. The number of nitrogens with one attached hydrogen (secondary N) is 1. The third-order valence-corrected chi connectivity index (χ3v) is 8.04. The molecule has 0 aliphatic carbocycles. The van der Waals surface area contributed by atoms with Crippen molar-refractivity contribution in [3.8, 4) is 28.6 Å². The molecule has 4 aromatic rings. The summed E-state index contributed by atoms with van der Waals surface area (Å²) in [4.78, 5) is 23.5. The zero-order valence-corrected chi connectivity index (χ0v) is 25.9. The fraction of sp³-hybridized carbons (Fsp3) is 0.312. The van der Waals surface area contributed by atoms with Crippen LogP contribution in [0.4, 0.5) is 23.7 Å². The Kier molecular flexibility index (Phi) is 9.96. The number of carbonyl (C=O) groups excluding carboxylic acids is 1. The number of aliphatic imine (C=N–C) groups is 1. The third kappa shape index (κ3) is 8.35. The largest absolute Gasteiger partial charge is 0.573 e. The molecule has 0 bridgehead atoms. The lowest BCUT2D eigenvalue weighted by Gasteiger charge is -2.23. The minimum absolute atomic E-state index is 0.306. The molecule has 0 spiro atoms. The number of alkyl halides is 3. The van der Waals surface area contributed by atoms with E-state index in [0.29, 0.717) is 29.1 Å². The number of hydrogen-bond donors (Lipinski definition) is 1. The maximum Gasteiger partial charge on any atom is 0.573 e. The maximum atomic E-state index is 12.7. The van der Waals surface area contributed by atoms with Crippen LogP contribution in [-0.4, -0.2) is 58.3 Å². The summed E-state index contributed by atoms with van der Waals surface area (Å²) in [6, 6.07) is 18.8. The second-order valence-electron chi connectivity index (χ2n) is 10.6. The molecule has 5 rings (SSSR count). The monoisotopic (exact) mass is 638 g/mol. The Morgan fingerprint density at radius 1 is 1.07 bits per heavy atom. The van der Waals surface area contributed by atoms with Crippen LogP contribution >= 0.6 is 11.8 Å². The SMILES string of the molecule is COc1ccc(C(C)C)c(N2CCS/C2=N\C(=O)NCCCc2ccc(-c3ncn(-c4ccc(OC(F)(F)F)cc4)n3)cc2)c1. The number of thioether (sulfide) groups is 1. The van der Waals surface area contributed by atoms with Gasteiger partial charge in [-0.05, 0) is 60.2 Å². The van der Waals surface area contributed by atoms with Crippen LogP contribution in [0.3, 0.4) is 0 Å². The minimum atomic E-state index is -4.75. The summed E-state index contributed by atoms with van der Waals surface area (Å²) < 4.78 is 48.0. The highest BCUT2D eigenvalue weighted by Gasteiger charge is 2.31. The molecule has 1 aliphatic rings. The number of halogens is 3. The van der Waals surface area contributed by atoms with Crippen LogP contribution in [-0.2, 0) is 6.42 Å². The summed E-state index contributed by atoms with van der Waals surface area (Å²) in [5, 5.41) is 8.03. The topological polar surface area (TPSA) is 93.9 Å². The van der Waals surface area contributed by atoms with Crippen molar-refractivity contribution in [2.24, 2.45) is 4.99 Å². The van der Waals surface area contributed by atoms with Gasteiger partial charge in [0.15, 0.2) is 11.0 Å². The Labute approximate surface area is 263 Å². The van der Waals surface area contributed by atoms with Crippen LogP contribution in [0.2, 0.25) is 0 Å². The summed E-state index contributed by atoms with van der Waals surface area (Å²) >= 11 is 1.57. The number of urea groups is 1. The Bertz CT molecular complexity index is 1640. The Hall–Kier alpha value is -4.52. The van der Waals surface area contributed by atoms with Crippen molar-refractivity contribution < 1.29 is 27.4 Å². The molecule has 1 fully saturated rings. The van der Waals surface area contributed by atoms with Crippen molar-refractivity contribution >= 4 is 28.6 Å².